The fraction of sp³-hybridized carbons (Fsp3) is 0.200. The highest BCUT2D eigenvalue weighted by atomic mass is 16.7. The molecule has 0 fully saturated rings. The second-order valence-corrected chi connectivity index (χ2v) is 4.22. The van der Waals surface area contributed by atoms with Gasteiger partial charge in [0.1, 0.15) is 0 Å². The molecule has 23 heavy (non-hydrogen) atoms. The number of carbonyl (C=O) groups excluding carboxylic acids is 4. The number of amides is 4. The molecule has 1 rings (SSSR count). The molecule has 1 radical (unpaired) electrons. The van der Waals surface area contributed by atoms with E-state index in [-0.39, 0.29) is 0 Å². The van der Waals surface area contributed by atoms with Gasteiger partial charge < -0.3 is 10.2 Å². The molecule has 0 spiro atoms. The van der Waals surface area contributed by atoms with E-state index in [9.17, 15) is 19.2 Å². The summed E-state index contributed by atoms with van der Waals surface area (Å²) in [6, 6.07) is 7.96. The lowest BCUT2D eigenvalue weighted by molar-refractivity contribution is -0.125. The molecule has 0 aliphatic heterocycles. The van der Waals surface area contributed by atoms with E-state index in [2.05, 4.69) is 10.2 Å². The van der Waals surface area contributed by atoms with Gasteiger partial charge in [-0.05, 0) is 11.6 Å². The zero-order valence-electron chi connectivity index (χ0n) is 12.7. The minimum Gasteiger partial charge on any atom is -0.323 e. The van der Waals surface area contributed by atoms with Crippen LogP contribution in [0.15, 0.2) is 36.4 Å². The SMILES string of the molecule is CNC(=O)ON(C)C(=O)N(C[C]=O)C(=O)C=Cc1ccccc1. The van der Waals surface area contributed by atoms with Crippen LogP contribution in [0, 0.1) is 0 Å². The minimum atomic E-state index is -0.973. The lowest BCUT2D eigenvalue weighted by Gasteiger charge is -2.22. The first-order chi connectivity index (χ1) is 11.0. The molecule has 8 nitrogen and oxygen atoms in total. The molecule has 1 aromatic rings. The Bertz CT molecular complexity index is 600. The molecule has 0 saturated heterocycles. The van der Waals surface area contributed by atoms with Crippen molar-refractivity contribution in [3.63, 3.8) is 0 Å². The molecule has 1 N–H and O–H groups in total. The Labute approximate surface area is 133 Å². The molecule has 0 heterocycles. The van der Waals surface area contributed by atoms with E-state index < -0.39 is 24.6 Å². The Kier molecular flexibility index (Phi) is 6.99. The Morgan fingerprint density at radius 3 is 2.48 bits per heavy atom. The topological polar surface area (TPSA) is 96.0 Å². The summed E-state index contributed by atoms with van der Waals surface area (Å²) < 4.78 is 0. The van der Waals surface area contributed by atoms with E-state index in [1.165, 1.54) is 19.4 Å². The molecule has 1 aromatic carbocycles. The predicted octanol–water partition coefficient (Wildman–Crippen LogP) is 0.961. The summed E-state index contributed by atoms with van der Waals surface area (Å²) >= 11 is 0. The number of hydroxylamine groups is 2. The quantitative estimate of drug-likeness (QED) is 0.659. The van der Waals surface area contributed by atoms with Gasteiger partial charge in [0.05, 0.1) is 13.6 Å². The number of hydrogen-bond acceptors (Lipinski definition) is 5. The van der Waals surface area contributed by atoms with Crippen LogP contribution in [0.25, 0.3) is 6.08 Å². The molecule has 121 valence electrons. The predicted molar refractivity (Wildman–Crippen MR) is 81.6 cm³/mol. The molecule has 8 heteroatoms. The zero-order chi connectivity index (χ0) is 17.2. The molecular weight excluding hydrogens is 302 g/mol. The summed E-state index contributed by atoms with van der Waals surface area (Å²) in [5, 5.41) is 2.69. The van der Waals surface area contributed by atoms with Gasteiger partial charge in [0.2, 0.25) is 6.29 Å². The summed E-state index contributed by atoms with van der Waals surface area (Å²) in [4.78, 5) is 50.9. The van der Waals surface area contributed by atoms with Crippen molar-refractivity contribution in [2.75, 3.05) is 20.6 Å². The number of rotatable bonds is 4. The second-order valence-electron chi connectivity index (χ2n) is 4.22. The Morgan fingerprint density at radius 2 is 1.91 bits per heavy atom. The van der Waals surface area contributed by atoms with Crippen molar-refractivity contribution in [1.82, 2.24) is 15.3 Å². The fourth-order valence-corrected chi connectivity index (χ4v) is 1.51. The summed E-state index contributed by atoms with van der Waals surface area (Å²) in [5.74, 6) is -0.741. The number of benzene rings is 1. The van der Waals surface area contributed by atoms with Crippen LogP contribution in [0.4, 0.5) is 9.59 Å². The summed E-state index contributed by atoms with van der Waals surface area (Å²) in [7, 11) is 2.45. The number of nitrogens with zero attached hydrogens (tertiary/aromatic N) is 2. The maximum atomic E-state index is 12.1. The van der Waals surface area contributed by atoms with Crippen molar-refractivity contribution >= 4 is 30.4 Å². The van der Waals surface area contributed by atoms with Gasteiger partial charge in [-0.15, -0.1) is 0 Å². The molecular formula is C15H16N3O5. The number of hydrogen-bond donors (Lipinski definition) is 1. The molecule has 0 atom stereocenters. The highest BCUT2D eigenvalue weighted by Crippen LogP contribution is 2.04. The Hall–Kier alpha value is -3.16. The van der Waals surface area contributed by atoms with Crippen LogP contribution in [0.2, 0.25) is 0 Å². The highest BCUT2D eigenvalue weighted by Gasteiger charge is 2.25. The largest absolute Gasteiger partial charge is 0.431 e. The second kappa shape index (κ2) is 8.98. The van der Waals surface area contributed by atoms with Crippen LogP contribution < -0.4 is 5.32 Å². The molecule has 0 saturated carbocycles. The molecule has 0 aromatic heterocycles. The van der Waals surface area contributed by atoms with Gasteiger partial charge in [-0.1, -0.05) is 30.3 Å². The molecule has 0 bridgehead atoms. The van der Waals surface area contributed by atoms with Crippen molar-refractivity contribution in [2.45, 2.75) is 0 Å². The van der Waals surface area contributed by atoms with E-state index in [0.29, 0.717) is 9.96 Å². The van der Waals surface area contributed by atoms with E-state index >= 15 is 0 Å². The van der Waals surface area contributed by atoms with Crippen molar-refractivity contribution < 1.29 is 24.0 Å². The van der Waals surface area contributed by atoms with E-state index in [1.54, 1.807) is 24.3 Å². The average Bonchev–Trinajstić information content (AvgIpc) is 2.57. The monoisotopic (exact) mass is 318 g/mol. The average molecular weight is 318 g/mol. The normalized spacial score (nSPS) is 10.0. The Morgan fingerprint density at radius 1 is 1.26 bits per heavy atom. The third kappa shape index (κ3) is 5.62. The van der Waals surface area contributed by atoms with Gasteiger partial charge in [0.25, 0.3) is 5.91 Å². The lowest BCUT2D eigenvalue weighted by Crippen LogP contribution is -2.46. The van der Waals surface area contributed by atoms with Crippen LogP contribution in [0.1, 0.15) is 5.56 Å². The van der Waals surface area contributed by atoms with E-state index in [0.717, 1.165) is 18.7 Å². The van der Waals surface area contributed by atoms with E-state index in [1.807, 2.05) is 6.07 Å². The van der Waals surface area contributed by atoms with Crippen LogP contribution in [-0.4, -0.2) is 54.9 Å². The highest BCUT2D eigenvalue weighted by molar-refractivity contribution is 6.03. The first-order valence-corrected chi connectivity index (χ1v) is 6.56. The zero-order valence-corrected chi connectivity index (χ0v) is 12.7. The molecule has 0 unspecified atom stereocenters. The lowest BCUT2D eigenvalue weighted by atomic mass is 10.2. The summed E-state index contributed by atoms with van der Waals surface area (Å²) in [6.07, 6.45) is 3.21. The van der Waals surface area contributed by atoms with Crippen LogP contribution in [-0.2, 0) is 14.4 Å². The van der Waals surface area contributed by atoms with Gasteiger partial charge in [-0.3, -0.25) is 14.5 Å². The smallest absolute Gasteiger partial charge is 0.323 e. The maximum absolute atomic E-state index is 12.1. The van der Waals surface area contributed by atoms with Crippen molar-refractivity contribution in [3.05, 3.63) is 42.0 Å². The van der Waals surface area contributed by atoms with Crippen LogP contribution in [0.5, 0.6) is 0 Å². The molecule has 0 aliphatic carbocycles. The first kappa shape index (κ1) is 17.9. The minimum absolute atomic E-state index is 0.546. The first-order valence-electron chi connectivity index (χ1n) is 6.56. The number of imide groups is 1. The summed E-state index contributed by atoms with van der Waals surface area (Å²) in [5.41, 5.74) is 0.748. The van der Waals surface area contributed by atoms with Gasteiger partial charge in [0.15, 0.2) is 0 Å². The standard InChI is InChI=1S/C15H16N3O5/c1-16-14(21)23-17(2)15(22)18(10-11-19)13(20)9-8-12-6-4-3-5-7-12/h3-9H,10H2,1-2H3,(H,16,21). The number of urea groups is 1. The molecule has 4 amide bonds. The van der Waals surface area contributed by atoms with Crippen molar-refractivity contribution in [2.24, 2.45) is 0 Å². The van der Waals surface area contributed by atoms with Gasteiger partial charge >= 0.3 is 12.1 Å². The van der Waals surface area contributed by atoms with Gasteiger partial charge in [-0.2, -0.15) is 5.06 Å². The van der Waals surface area contributed by atoms with Crippen LogP contribution >= 0.6 is 0 Å². The fourth-order valence-electron chi connectivity index (χ4n) is 1.51. The van der Waals surface area contributed by atoms with E-state index in [4.69, 9.17) is 0 Å². The number of nitrogens with one attached hydrogen (secondary N) is 1. The summed E-state index contributed by atoms with van der Waals surface area (Å²) in [6.45, 7) is -0.585. The van der Waals surface area contributed by atoms with Crippen LogP contribution in [0.3, 0.4) is 0 Å². The third-order valence-corrected chi connectivity index (χ3v) is 2.63. The van der Waals surface area contributed by atoms with Gasteiger partial charge in [-0.25, -0.2) is 9.59 Å². The maximum Gasteiger partial charge on any atom is 0.431 e. The number of carbonyl (C=O) groups is 3. The molecule has 0 aliphatic rings. The van der Waals surface area contributed by atoms with Crippen molar-refractivity contribution in [3.8, 4) is 0 Å². The third-order valence-electron chi connectivity index (χ3n) is 2.63. The van der Waals surface area contributed by atoms with Crippen molar-refractivity contribution in [1.29, 1.82) is 0 Å². The van der Waals surface area contributed by atoms with Gasteiger partial charge in [0, 0.05) is 13.1 Å². The Balaban J connectivity index is 2.81.